The van der Waals surface area contributed by atoms with Gasteiger partial charge in [0.1, 0.15) is 11.6 Å². The fraction of sp³-hybridized carbons (Fsp3) is 0.862. The van der Waals surface area contributed by atoms with Crippen LogP contribution in [0.4, 0.5) is 0 Å². The summed E-state index contributed by atoms with van der Waals surface area (Å²) in [5.41, 5.74) is 0. The molecule has 8 heteroatoms. The van der Waals surface area contributed by atoms with E-state index >= 15 is 0 Å². The molecule has 2 rings (SSSR count). The molecule has 214 valence electrons. The minimum Gasteiger partial charge on any atom is -0.356 e. The maximum Gasteiger partial charge on any atom is 0.219 e. The minimum absolute atomic E-state index is 0.177. The van der Waals surface area contributed by atoms with Gasteiger partial charge >= 0.3 is 0 Å². The van der Waals surface area contributed by atoms with Crippen LogP contribution < -0.4 is 21.3 Å². The molecule has 0 unspecified atom stereocenters. The van der Waals surface area contributed by atoms with Gasteiger partial charge in [0.2, 0.25) is 11.8 Å². The van der Waals surface area contributed by atoms with Gasteiger partial charge in [-0.3, -0.25) is 19.2 Å². The molecule has 0 atom stereocenters. The van der Waals surface area contributed by atoms with Crippen molar-refractivity contribution in [1.29, 1.82) is 0 Å². The number of hydrogen-bond acceptors (Lipinski definition) is 6. The topological polar surface area (TPSA) is 116 Å². The van der Waals surface area contributed by atoms with E-state index in [2.05, 4.69) is 21.3 Å². The second-order valence-electron chi connectivity index (χ2n) is 10.4. The number of ketones is 2. The van der Waals surface area contributed by atoms with Gasteiger partial charge in [-0.15, -0.1) is 0 Å². The predicted molar refractivity (Wildman–Crippen MR) is 149 cm³/mol. The molecule has 8 nitrogen and oxygen atoms in total. The van der Waals surface area contributed by atoms with E-state index in [1.165, 1.54) is 0 Å². The maximum atomic E-state index is 11.6. The maximum absolute atomic E-state index is 11.6. The average Bonchev–Trinajstić information content (AvgIpc) is 2.88. The quantitative estimate of drug-likeness (QED) is 0.383. The molecule has 0 aromatic carbocycles. The van der Waals surface area contributed by atoms with Crippen molar-refractivity contribution in [3.05, 3.63) is 0 Å². The van der Waals surface area contributed by atoms with Crippen molar-refractivity contribution in [3.8, 4) is 0 Å². The number of nitrogens with one attached hydrogen (secondary N) is 4. The molecule has 0 saturated carbocycles. The number of rotatable bonds is 0. The van der Waals surface area contributed by atoms with Crippen molar-refractivity contribution in [3.63, 3.8) is 0 Å². The van der Waals surface area contributed by atoms with E-state index in [1.54, 1.807) is 0 Å². The molecule has 2 saturated heterocycles. The van der Waals surface area contributed by atoms with Crippen molar-refractivity contribution in [2.75, 3.05) is 39.3 Å². The Hall–Kier alpha value is -1.80. The zero-order chi connectivity index (χ0) is 26.8. The van der Waals surface area contributed by atoms with Crippen LogP contribution in [0.5, 0.6) is 0 Å². The number of amides is 2. The fourth-order valence-electron chi connectivity index (χ4n) is 4.47. The molecule has 2 aliphatic heterocycles. The van der Waals surface area contributed by atoms with E-state index in [9.17, 15) is 19.2 Å². The summed E-state index contributed by atoms with van der Waals surface area (Å²) in [6, 6.07) is 0. The van der Waals surface area contributed by atoms with E-state index in [0.717, 1.165) is 122 Å². The van der Waals surface area contributed by atoms with Gasteiger partial charge in [0, 0.05) is 38.8 Å². The lowest BCUT2D eigenvalue weighted by atomic mass is 10.1. The van der Waals surface area contributed by atoms with Crippen LogP contribution in [-0.4, -0.2) is 62.6 Å². The second-order valence-corrected chi connectivity index (χ2v) is 10.4. The van der Waals surface area contributed by atoms with Crippen LogP contribution in [0.25, 0.3) is 0 Å². The number of carbonyl (C=O) groups excluding carboxylic acids is 4. The summed E-state index contributed by atoms with van der Waals surface area (Å²) in [5, 5.41) is 12.3. The Balaban J connectivity index is 0.000000371. The molecule has 37 heavy (non-hydrogen) atoms. The van der Waals surface area contributed by atoms with Crippen molar-refractivity contribution >= 4 is 23.4 Å². The van der Waals surface area contributed by atoms with Gasteiger partial charge in [-0.25, -0.2) is 0 Å². The molecule has 2 heterocycles. The lowest BCUT2D eigenvalue weighted by Crippen LogP contribution is -2.25. The third kappa shape index (κ3) is 23.1. The van der Waals surface area contributed by atoms with Gasteiger partial charge in [0.15, 0.2) is 0 Å². The van der Waals surface area contributed by atoms with Crippen molar-refractivity contribution in [2.24, 2.45) is 0 Å². The molecule has 2 aliphatic rings. The highest BCUT2D eigenvalue weighted by Crippen LogP contribution is 2.06. The Morgan fingerprint density at radius 3 is 1.11 bits per heavy atom. The Morgan fingerprint density at radius 1 is 0.351 bits per heavy atom. The molecular formula is C29H54N4O4. The Kier molecular flexibility index (Phi) is 22.0. The monoisotopic (exact) mass is 522 g/mol. The van der Waals surface area contributed by atoms with Crippen LogP contribution in [0.2, 0.25) is 0 Å². The minimum atomic E-state index is 0.177. The van der Waals surface area contributed by atoms with E-state index in [-0.39, 0.29) is 11.8 Å². The summed E-state index contributed by atoms with van der Waals surface area (Å²) >= 11 is 0. The van der Waals surface area contributed by atoms with Gasteiger partial charge in [-0.1, -0.05) is 44.9 Å². The highest BCUT2D eigenvalue weighted by atomic mass is 16.2. The van der Waals surface area contributed by atoms with Gasteiger partial charge in [0.25, 0.3) is 0 Å². The number of carbonyl (C=O) groups is 4. The average molecular weight is 523 g/mol. The molecule has 0 radical (unpaired) electrons. The zero-order valence-electron chi connectivity index (χ0n) is 23.3. The number of Topliss-reactive ketones (excluding diaryl/α,β-unsaturated/α-hetero) is 2. The summed E-state index contributed by atoms with van der Waals surface area (Å²) in [6.45, 7) is 4.42. The first-order valence-electron chi connectivity index (χ1n) is 15.1. The summed E-state index contributed by atoms with van der Waals surface area (Å²) in [4.78, 5) is 46.0. The first kappa shape index (κ1) is 33.2. The molecule has 0 aromatic heterocycles. The summed E-state index contributed by atoms with van der Waals surface area (Å²) in [7, 11) is 0. The van der Waals surface area contributed by atoms with Gasteiger partial charge in [-0.2, -0.15) is 0 Å². The van der Waals surface area contributed by atoms with E-state index < -0.39 is 0 Å². The third-order valence-corrected chi connectivity index (χ3v) is 6.82. The second kappa shape index (κ2) is 24.5. The molecule has 0 spiro atoms. The van der Waals surface area contributed by atoms with Crippen LogP contribution in [0.1, 0.15) is 122 Å². The van der Waals surface area contributed by atoms with Crippen LogP contribution >= 0.6 is 0 Å². The molecular weight excluding hydrogens is 468 g/mol. The van der Waals surface area contributed by atoms with Gasteiger partial charge in [0.05, 0.1) is 13.1 Å². The van der Waals surface area contributed by atoms with Gasteiger partial charge < -0.3 is 21.3 Å². The fourth-order valence-corrected chi connectivity index (χ4v) is 4.47. The van der Waals surface area contributed by atoms with Crippen molar-refractivity contribution < 1.29 is 19.2 Å². The lowest BCUT2D eigenvalue weighted by molar-refractivity contribution is -0.122. The lowest BCUT2D eigenvalue weighted by Gasteiger charge is -2.07. The Bertz CT molecular complexity index is 575. The van der Waals surface area contributed by atoms with E-state index in [4.69, 9.17) is 0 Å². The number of hydrogen-bond donors (Lipinski definition) is 4. The summed E-state index contributed by atoms with van der Waals surface area (Å²) in [6.07, 6.45) is 18.4. The molecule has 4 N–H and O–H groups in total. The highest BCUT2D eigenvalue weighted by Gasteiger charge is 2.05. The largest absolute Gasteiger partial charge is 0.356 e. The van der Waals surface area contributed by atoms with Gasteiger partial charge in [-0.05, 0) is 64.5 Å². The smallest absolute Gasteiger partial charge is 0.219 e. The van der Waals surface area contributed by atoms with Crippen LogP contribution in [-0.2, 0) is 19.2 Å². The van der Waals surface area contributed by atoms with Crippen LogP contribution in [0.15, 0.2) is 0 Å². The Labute approximate surface area is 225 Å². The van der Waals surface area contributed by atoms with Crippen molar-refractivity contribution in [2.45, 2.75) is 122 Å². The summed E-state index contributed by atoms with van der Waals surface area (Å²) < 4.78 is 0. The van der Waals surface area contributed by atoms with Crippen LogP contribution in [0.3, 0.4) is 0 Å². The molecule has 0 bridgehead atoms. The normalized spacial score (nSPS) is 22.5. The first-order valence-corrected chi connectivity index (χ1v) is 15.1. The zero-order valence-corrected chi connectivity index (χ0v) is 23.3. The molecule has 0 aromatic rings. The molecule has 2 fully saturated rings. The highest BCUT2D eigenvalue weighted by molar-refractivity contribution is 5.80. The van der Waals surface area contributed by atoms with E-state index in [1.807, 2.05) is 0 Å². The van der Waals surface area contributed by atoms with Crippen molar-refractivity contribution in [1.82, 2.24) is 21.3 Å². The SMILES string of the molecule is O=C1CCCCCCNC(=O)CCCCCCNC1.O=C1CCCCCNC(=O)CCCCCCNC1. The third-order valence-electron chi connectivity index (χ3n) is 6.82. The summed E-state index contributed by atoms with van der Waals surface area (Å²) in [5.74, 6) is 1.01. The Morgan fingerprint density at radius 2 is 0.676 bits per heavy atom. The molecule has 2 amide bonds. The molecule has 0 aliphatic carbocycles. The van der Waals surface area contributed by atoms with Crippen LogP contribution in [0, 0.1) is 0 Å². The standard InChI is InChI=1S/C15H28N2O2.C14H26N2O2/c18-14-9-5-1-4-8-12-17-15(19)10-6-2-3-7-11-16-13-14;17-13-8-4-3-7-11-16-14(18)9-5-1-2-6-10-15-12-13/h16H,1-13H2,(H,17,19);15H,1-12H2,(H,16,18). The predicted octanol–water partition coefficient (Wildman–Crippen LogP) is 3.96. The first-order chi connectivity index (χ1) is 18.1. The van der Waals surface area contributed by atoms with E-state index in [0.29, 0.717) is 50.3 Å².